The molecule has 242 valence electrons. The van der Waals surface area contributed by atoms with Gasteiger partial charge in [0.1, 0.15) is 11.4 Å². The molecule has 2 fully saturated rings. The average molecular weight is 625 g/mol. The van der Waals surface area contributed by atoms with Crippen molar-refractivity contribution in [1.82, 2.24) is 19.9 Å². The summed E-state index contributed by atoms with van der Waals surface area (Å²) in [6, 6.07) is 16.0. The van der Waals surface area contributed by atoms with Gasteiger partial charge in [-0.2, -0.15) is 0 Å². The molecule has 3 heterocycles. The number of piperidine rings is 1. The lowest BCUT2D eigenvalue weighted by molar-refractivity contribution is 0.0206. The molecule has 0 unspecified atom stereocenters. The first-order valence-corrected chi connectivity index (χ1v) is 16.3. The Hall–Kier alpha value is -4.44. The SMILES string of the molecule is Cc1ccc2c(N[C@H]3CCCC[C@@H]3O)cccc2c1Oc1ncccc1-c1ccnc(N[C@H]2CCCN(C(=O)OC(C)(C)C)C2)n1. The zero-order valence-electron chi connectivity index (χ0n) is 27.1. The summed E-state index contributed by atoms with van der Waals surface area (Å²) in [5, 5.41) is 19.6. The Bertz CT molecular complexity index is 1690. The number of likely N-dealkylation sites (tertiary alicyclic amines) is 1. The lowest BCUT2D eigenvalue weighted by Crippen LogP contribution is -2.47. The lowest BCUT2D eigenvalue weighted by atomic mass is 9.92. The molecule has 2 aliphatic rings. The fraction of sp³-hybridized carbons (Fsp3) is 0.444. The van der Waals surface area contributed by atoms with Crippen molar-refractivity contribution in [3.8, 4) is 22.9 Å². The first-order valence-electron chi connectivity index (χ1n) is 16.3. The van der Waals surface area contributed by atoms with Crippen LogP contribution in [-0.4, -0.2) is 67.9 Å². The summed E-state index contributed by atoms with van der Waals surface area (Å²) in [7, 11) is 0. The standard InChI is InChI=1S/C36H44N6O4/c1-23-16-17-25-26(11-7-14-28(25)40-30-13-5-6-15-31(30)43)32(23)45-33-27(12-8-19-37-33)29-18-20-38-34(41-29)39-24-10-9-21-42(22-24)35(44)46-36(2,3)4/h7-8,11-12,14,16-20,24,30-31,40,43H,5-6,9-10,13,15,21-22H2,1-4H3,(H,38,39,41)/t24-,30-,31-/m0/s1. The summed E-state index contributed by atoms with van der Waals surface area (Å²) in [4.78, 5) is 28.3. The number of rotatable bonds is 7. The molecule has 1 saturated heterocycles. The summed E-state index contributed by atoms with van der Waals surface area (Å²) in [6.07, 6.45) is 8.48. The quantitative estimate of drug-likeness (QED) is 0.194. The Morgan fingerprint density at radius 3 is 2.61 bits per heavy atom. The van der Waals surface area contributed by atoms with Gasteiger partial charge >= 0.3 is 6.09 Å². The molecule has 46 heavy (non-hydrogen) atoms. The van der Waals surface area contributed by atoms with Crippen LogP contribution >= 0.6 is 0 Å². The number of aliphatic hydroxyl groups excluding tert-OH is 1. The molecule has 1 amide bonds. The number of aliphatic hydroxyl groups is 1. The fourth-order valence-electron chi connectivity index (χ4n) is 6.29. The highest BCUT2D eigenvalue weighted by molar-refractivity contribution is 5.98. The number of pyridine rings is 1. The van der Waals surface area contributed by atoms with E-state index in [-0.39, 0.29) is 24.3 Å². The van der Waals surface area contributed by atoms with Gasteiger partial charge in [0, 0.05) is 48.0 Å². The number of amides is 1. The van der Waals surface area contributed by atoms with Crippen molar-refractivity contribution in [2.24, 2.45) is 0 Å². The molecule has 2 aromatic carbocycles. The van der Waals surface area contributed by atoms with E-state index < -0.39 is 5.60 Å². The van der Waals surface area contributed by atoms with Gasteiger partial charge < -0.3 is 30.1 Å². The monoisotopic (exact) mass is 624 g/mol. The molecule has 1 aliphatic heterocycles. The molecule has 0 radical (unpaired) electrons. The van der Waals surface area contributed by atoms with Crippen LogP contribution in [-0.2, 0) is 4.74 Å². The van der Waals surface area contributed by atoms with Crippen LogP contribution < -0.4 is 15.4 Å². The number of hydrogen-bond donors (Lipinski definition) is 3. The number of anilines is 2. The van der Waals surface area contributed by atoms with Crippen LogP contribution in [0.25, 0.3) is 22.0 Å². The van der Waals surface area contributed by atoms with E-state index >= 15 is 0 Å². The number of aryl methyl sites for hydroxylation is 1. The predicted octanol–water partition coefficient (Wildman–Crippen LogP) is 7.32. The van der Waals surface area contributed by atoms with Crippen LogP contribution in [0.5, 0.6) is 11.6 Å². The summed E-state index contributed by atoms with van der Waals surface area (Å²) in [5.41, 5.74) is 2.83. The number of fused-ring (bicyclic) bond motifs is 1. The maximum Gasteiger partial charge on any atom is 0.410 e. The van der Waals surface area contributed by atoms with Crippen molar-refractivity contribution in [2.45, 2.75) is 90.0 Å². The normalized spacial score (nSPS) is 20.3. The van der Waals surface area contributed by atoms with E-state index in [1.165, 1.54) is 0 Å². The summed E-state index contributed by atoms with van der Waals surface area (Å²) in [5.74, 6) is 1.64. The lowest BCUT2D eigenvalue weighted by Gasteiger charge is -2.34. The van der Waals surface area contributed by atoms with E-state index in [2.05, 4.69) is 44.9 Å². The largest absolute Gasteiger partial charge is 0.444 e. The van der Waals surface area contributed by atoms with E-state index in [9.17, 15) is 9.90 Å². The molecule has 3 N–H and O–H groups in total. The molecular weight excluding hydrogens is 580 g/mol. The maximum atomic E-state index is 12.7. The summed E-state index contributed by atoms with van der Waals surface area (Å²) >= 11 is 0. The molecule has 4 aromatic rings. The summed E-state index contributed by atoms with van der Waals surface area (Å²) < 4.78 is 12.2. The summed E-state index contributed by atoms with van der Waals surface area (Å²) in [6.45, 7) is 8.83. The third-order valence-corrected chi connectivity index (χ3v) is 8.59. The number of hydrogen-bond acceptors (Lipinski definition) is 9. The molecule has 1 aliphatic carbocycles. The third-order valence-electron chi connectivity index (χ3n) is 8.59. The number of benzene rings is 2. The Kier molecular flexibility index (Phi) is 9.26. The van der Waals surface area contributed by atoms with Crippen LogP contribution in [0.2, 0.25) is 0 Å². The number of nitrogens with zero attached hydrogens (tertiary/aromatic N) is 4. The second kappa shape index (κ2) is 13.5. The van der Waals surface area contributed by atoms with Crippen LogP contribution in [0.15, 0.2) is 60.9 Å². The van der Waals surface area contributed by atoms with E-state index in [4.69, 9.17) is 14.5 Å². The zero-order valence-corrected chi connectivity index (χ0v) is 27.1. The highest BCUT2D eigenvalue weighted by Crippen LogP contribution is 2.39. The maximum absolute atomic E-state index is 12.7. The van der Waals surface area contributed by atoms with Gasteiger partial charge in [-0.1, -0.05) is 37.1 Å². The van der Waals surface area contributed by atoms with Crippen LogP contribution in [0.4, 0.5) is 16.4 Å². The van der Waals surface area contributed by atoms with Gasteiger partial charge in [-0.3, -0.25) is 0 Å². The zero-order chi connectivity index (χ0) is 32.3. The van der Waals surface area contributed by atoms with Crippen LogP contribution in [0.3, 0.4) is 0 Å². The first kappa shape index (κ1) is 31.5. The predicted molar refractivity (Wildman–Crippen MR) is 180 cm³/mol. The second-order valence-corrected chi connectivity index (χ2v) is 13.3. The Labute approximate surface area is 270 Å². The molecular formula is C36H44N6O4. The van der Waals surface area contributed by atoms with Crippen LogP contribution in [0, 0.1) is 6.92 Å². The van der Waals surface area contributed by atoms with Gasteiger partial charge in [0.2, 0.25) is 11.8 Å². The van der Waals surface area contributed by atoms with Crippen molar-refractivity contribution in [3.05, 3.63) is 66.5 Å². The van der Waals surface area contributed by atoms with Gasteiger partial charge in [-0.15, -0.1) is 0 Å². The molecule has 3 atom stereocenters. The third kappa shape index (κ3) is 7.33. The van der Waals surface area contributed by atoms with Gasteiger partial charge in [-0.05, 0) is 83.2 Å². The van der Waals surface area contributed by atoms with E-state index in [0.717, 1.165) is 71.9 Å². The highest BCUT2D eigenvalue weighted by Gasteiger charge is 2.28. The Morgan fingerprint density at radius 2 is 1.78 bits per heavy atom. The van der Waals surface area contributed by atoms with Gasteiger partial charge in [0.15, 0.2) is 0 Å². The van der Waals surface area contributed by atoms with Gasteiger partial charge in [0.05, 0.1) is 23.4 Å². The molecule has 0 spiro atoms. The topological polar surface area (TPSA) is 122 Å². The van der Waals surface area contributed by atoms with E-state index in [1.54, 1.807) is 17.3 Å². The molecule has 10 nitrogen and oxygen atoms in total. The number of aromatic nitrogens is 3. The molecule has 0 bridgehead atoms. The first-order chi connectivity index (χ1) is 22.1. The minimum absolute atomic E-state index is 0.00278. The van der Waals surface area contributed by atoms with Crippen molar-refractivity contribution < 1.29 is 19.4 Å². The van der Waals surface area contributed by atoms with Crippen LogP contribution in [0.1, 0.15) is 64.9 Å². The minimum Gasteiger partial charge on any atom is -0.444 e. The number of carbonyl (C=O) groups is 1. The number of carbonyl (C=O) groups excluding carboxylic acids is 1. The van der Waals surface area contributed by atoms with Crippen molar-refractivity contribution in [1.29, 1.82) is 0 Å². The molecule has 2 aromatic heterocycles. The number of ether oxygens (including phenoxy) is 2. The fourth-order valence-corrected chi connectivity index (χ4v) is 6.29. The average Bonchev–Trinajstić information content (AvgIpc) is 3.03. The van der Waals surface area contributed by atoms with Crippen molar-refractivity contribution in [2.75, 3.05) is 23.7 Å². The highest BCUT2D eigenvalue weighted by atomic mass is 16.6. The number of nitrogens with one attached hydrogen (secondary N) is 2. The van der Waals surface area contributed by atoms with E-state index in [1.807, 2.05) is 52.0 Å². The van der Waals surface area contributed by atoms with Gasteiger partial charge in [-0.25, -0.2) is 19.7 Å². The van der Waals surface area contributed by atoms with Crippen molar-refractivity contribution >= 4 is 28.5 Å². The Balaban J connectivity index is 1.23. The Morgan fingerprint density at radius 1 is 0.935 bits per heavy atom. The van der Waals surface area contributed by atoms with Crippen molar-refractivity contribution in [3.63, 3.8) is 0 Å². The molecule has 6 rings (SSSR count). The smallest absolute Gasteiger partial charge is 0.410 e. The molecule has 1 saturated carbocycles. The minimum atomic E-state index is -0.541. The van der Waals surface area contributed by atoms with Gasteiger partial charge in [0.25, 0.3) is 0 Å². The molecule has 10 heteroatoms. The van der Waals surface area contributed by atoms with E-state index in [0.29, 0.717) is 30.6 Å². The second-order valence-electron chi connectivity index (χ2n) is 13.3.